The number of fused-ring (bicyclic) bond motifs is 1. The van der Waals surface area contributed by atoms with Gasteiger partial charge in [0.2, 0.25) is 10.0 Å². The Morgan fingerprint density at radius 2 is 1.81 bits per heavy atom. The summed E-state index contributed by atoms with van der Waals surface area (Å²) in [6.07, 6.45) is 1.05. The number of nitrogens with zero attached hydrogens (tertiary/aromatic N) is 5. The van der Waals surface area contributed by atoms with E-state index in [1.807, 2.05) is 6.07 Å². The van der Waals surface area contributed by atoms with Gasteiger partial charge in [0.15, 0.2) is 0 Å². The van der Waals surface area contributed by atoms with Crippen molar-refractivity contribution >= 4 is 21.5 Å². The first-order chi connectivity index (χ1) is 17.3. The average molecular weight is 510 g/mol. The molecule has 0 amide bonds. The minimum atomic E-state index is -3.85. The van der Waals surface area contributed by atoms with E-state index in [9.17, 15) is 18.5 Å². The van der Waals surface area contributed by atoms with Gasteiger partial charge < -0.3 is 9.64 Å². The quantitative estimate of drug-likeness (QED) is 0.368. The number of sulfonamides is 1. The molecule has 5 rings (SSSR count). The van der Waals surface area contributed by atoms with Crippen molar-refractivity contribution in [3.05, 3.63) is 86.9 Å². The highest BCUT2D eigenvalue weighted by Gasteiger charge is 2.33. The number of non-ortho nitro benzene ring substituents is 1. The number of anilines is 1. The largest absolute Gasteiger partial charge is 0.378 e. The third-order valence-corrected chi connectivity index (χ3v) is 8.35. The number of hydrogen-bond donors (Lipinski definition) is 0. The molecule has 0 saturated carbocycles. The molecule has 188 valence electrons. The number of ether oxygens (including phenoxy) is 1. The van der Waals surface area contributed by atoms with Crippen LogP contribution in [0.3, 0.4) is 0 Å². The van der Waals surface area contributed by atoms with Crippen LogP contribution in [0.2, 0.25) is 0 Å². The molecule has 2 aliphatic rings. The van der Waals surface area contributed by atoms with Crippen molar-refractivity contribution < 1.29 is 18.1 Å². The van der Waals surface area contributed by atoms with Crippen LogP contribution in [0.1, 0.15) is 28.2 Å². The molecule has 10 nitrogen and oxygen atoms in total. The van der Waals surface area contributed by atoms with Crippen molar-refractivity contribution in [1.82, 2.24) is 14.3 Å². The van der Waals surface area contributed by atoms with Crippen molar-refractivity contribution in [2.75, 3.05) is 37.7 Å². The van der Waals surface area contributed by atoms with Gasteiger partial charge in [0.05, 0.1) is 28.7 Å². The van der Waals surface area contributed by atoms with Gasteiger partial charge in [-0.1, -0.05) is 29.8 Å². The van der Waals surface area contributed by atoms with E-state index in [1.165, 1.54) is 34.1 Å². The number of nitro benzene ring substituents is 1. The van der Waals surface area contributed by atoms with Gasteiger partial charge >= 0.3 is 0 Å². The summed E-state index contributed by atoms with van der Waals surface area (Å²) in [6.45, 7) is 4.97. The van der Waals surface area contributed by atoms with Crippen LogP contribution in [0.4, 0.5) is 11.5 Å². The molecule has 1 aromatic heterocycles. The second kappa shape index (κ2) is 9.92. The van der Waals surface area contributed by atoms with Gasteiger partial charge in [0.1, 0.15) is 11.6 Å². The number of morpholine rings is 1. The number of nitro groups is 1. The molecular formula is C25H27N5O5S. The maximum atomic E-state index is 13.4. The summed E-state index contributed by atoms with van der Waals surface area (Å²) in [5, 5.41) is 11.0. The molecule has 2 aliphatic heterocycles. The molecule has 0 unspecified atom stereocenters. The maximum Gasteiger partial charge on any atom is 0.269 e. The van der Waals surface area contributed by atoms with Gasteiger partial charge in [-0.2, -0.15) is 4.31 Å². The first-order valence-corrected chi connectivity index (χ1v) is 13.3. The van der Waals surface area contributed by atoms with Crippen LogP contribution in [0.25, 0.3) is 0 Å². The lowest BCUT2D eigenvalue weighted by molar-refractivity contribution is -0.384. The van der Waals surface area contributed by atoms with E-state index in [2.05, 4.69) is 30.0 Å². The topological polar surface area (TPSA) is 119 Å². The summed E-state index contributed by atoms with van der Waals surface area (Å²) in [7, 11) is -3.85. The van der Waals surface area contributed by atoms with Gasteiger partial charge in [-0.15, -0.1) is 0 Å². The molecule has 0 N–H and O–H groups in total. The van der Waals surface area contributed by atoms with Crippen molar-refractivity contribution in [2.45, 2.75) is 31.2 Å². The van der Waals surface area contributed by atoms with Crippen LogP contribution in [0, 0.1) is 17.0 Å². The highest BCUT2D eigenvalue weighted by atomic mass is 32.2. The normalized spacial score (nSPS) is 16.5. The SMILES string of the molecule is Cc1cccc(Cc2nc3c(c(N4CCOCC4)n2)CN(S(=O)(=O)c2ccc([N+](=O)[O-])cc2)CC3)c1. The van der Waals surface area contributed by atoms with E-state index < -0.39 is 14.9 Å². The smallest absolute Gasteiger partial charge is 0.269 e. The minimum absolute atomic E-state index is 0.0291. The van der Waals surface area contributed by atoms with Crippen LogP contribution in [0.15, 0.2) is 53.4 Å². The summed E-state index contributed by atoms with van der Waals surface area (Å²) in [4.78, 5) is 22.4. The van der Waals surface area contributed by atoms with Crippen molar-refractivity contribution in [2.24, 2.45) is 0 Å². The first kappa shape index (κ1) is 24.3. The van der Waals surface area contributed by atoms with Crippen molar-refractivity contribution in [3.63, 3.8) is 0 Å². The Hall–Kier alpha value is -3.41. The van der Waals surface area contributed by atoms with E-state index in [1.54, 1.807) is 0 Å². The number of aromatic nitrogens is 2. The molecule has 36 heavy (non-hydrogen) atoms. The Balaban J connectivity index is 1.48. The lowest BCUT2D eigenvalue weighted by atomic mass is 10.1. The zero-order valence-electron chi connectivity index (χ0n) is 20.0. The van der Waals surface area contributed by atoms with E-state index in [4.69, 9.17) is 14.7 Å². The predicted octanol–water partition coefficient (Wildman–Crippen LogP) is 2.87. The molecule has 11 heteroatoms. The molecule has 3 aromatic rings. The molecule has 0 spiro atoms. The van der Waals surface area contributed by atoms with Gasteiger partial charge in [0, 0.05) is 56.7 Å². The molecule has 3 heterocycles. The Kier molecular flexibility index (Phi) is 6.69. The molecular weight excluding hydrogens is 482 g/mol. The molecule has 0 atom stereocenters. The summed E-state index contributed by atoms with van der Waals surface area (Å²) >= 11 is 0. The molecule has 0 radical (unpaired) electrons. The molecule has 1 saturated heterocycles. The van der Waals surface area contributed by atoms with Crippen molar-refractivity contribution in [3.8, 4) is 0 Å². The number of benzene rings is 2. The highest BCUT2D eigenvalue weighted by Crippen LogP contribution is 2.31. The average Bonchev–Trinajstić information content (AvgIpc) is 2.88. The summed E-state index contributed by atoms with van der Waals surface area (Å²) in [6, 6.07) is 13.2. The van der Waals surface area contributed by atoms with Crippen LogP contribution in [0.5, 0.6) is 0 Å². The molecule has 2 aromatic carbocycles. The second-order valence-electron chi connectivity index (χ2n) is 8.99. The highest BCUT2D eigenvalue weighted by molar-refractivity contribution is 7.89. The number of hydrogen-bond acceptors (Lipinski definition) is 8. The van der Waals surface area contributed by atoms with E-state index in [0.717, 1.165) is 22.6 Å². The maximum absolute atomic E-state index is 13.4. The van der Waals surface area contributed by atoms with E-state index >= 15 is 0 Å². The zero-order chi connectivity index (χ0) is 25.3. The van der Waals surface area contributed by atoms with Gasteiger partial charge in [-0.05, 0) is 24.6 Å². The summed E-state index contributed by atoms with van der Waals surface area (Å²) in [5.74, 6) is 1.47. The Bertz CT molecular complexity index is 1390. The molecule has 0 bridgehead atoms. The lowest BCUT2D eigenvalue weighted by Gasteiger charge is -2.34. The van der Waals surface area contributed by atoms with Crippen LogP contribution in [-0.4, -0.2) is 60.5 Å². The lowest BCUT2D eigenvalue weighted by Crippen LogP contribution is -2.41. The van der Waals surface area contributed by atoms with Gasteiger partial charge in [-0.25, -0.2) is 18.4 Å². The fraction of sp³-hybridized carbons (Fsp3) is 0.360. The fourth-order valence-electron chi connectivity index (χ4n) is 4.64. The Morgan fingerprint density at radius 3 is 2.50 bits per heavy atom. The van der Waals surface area contributed by atoms with Crippen LogP contribution in [-0.2, 0) is 34.1 Å². The third-order valence-electron chi connectivity index (χ3n) is 6.49. The number of rotatable bonds is 6. The predicted molar refractivity (Wildman–Crippen MR) is 133 cm³/mol. The second-order valence-corrected chi connectivity index (χ2v) is 10.9. The Morgan fingerprint density at radius 1 is 1.06 bits per heavy atom. The molecule has 0 aliphatic carbocycles. The Labute approximate surface area is 209 Å². The summed E-state index contributed by atoms with van der Waals surface area (Å²) in [5.41, 5.74) is 3.82. The van der Waals surface area contributed by atoms with Crippen LogP contribution >= 0.6 is 0 Å². The number of aryl methyl sites for hydroxylation is 1. The fourth-order valence-corrected chi connectivity index (χ4v) is 6.05. The molecule has 1 fully saturated rings. The van der Waals surface area contributed by atoms with E-state index in [0.29, 0.717) is 45.0 Å². The van der Waals surface area contributed by atoms with Crippen molar-refractivity contribution in [1.29, 1.82) is 0 Å². The monoisotopic (exact) mass is 509 g/mol. The third kappa shape index (κ3) is 4.95. The standard InChI is InChI=1S/C25H27N5O5S/c1-18-3-2-4-19(15-18)16-24-26-23-9-10-29(17-22(23)25(27-24)28-11-13-35-14-12-28)36(33,34)21-7-5-20(6-8-21)30(31)32/h2-8,15H,9-14,16-17H2,1H3. The van der Waals surface area contributed by atoms with Crippen LogP contribution < -0.4 is 4.90 Å². The van der Waals surface area contributed by atoms with Gasteiger partial charge in [0.25, 0.3) is 5.69 Å². The minimum Gasteiger partial charge on any atom is -0.378 e. The van der Waals surface area contributed by atoms with Gasteiger partial charge in [-0.3, -0.25) is 10.1 Å². The first-order valence-electron chi connectivity index (χ1n) is 11.8. The van der Waals surface area contributed by atoms with E-state index in [-0.39, 0.29) is 23.7 Å². The summed E-state index contributed by atoms with van der Waals surface area (Å²) < 4.78 is 33.7. The zero-order valence-corrected chi connectivity index (χ0v) is 20.8.